The molecule has 3 aromatic carbocycles. The lowest BCUT2D eigenvalue weighted by Gasteiger charge is -2.38. The van der Waals surface area contributed by atoms with Crippen LogP contribution in [0.3, 0.4) is 0 Å². The minimum Gasteiger partial charge on any atom is -0.497 e. The highest BCUT2D eigenvalue weighted by atomic mass is 16.6. The summed E-state index contributed by atoms with van der Waals surface area (Å²) in [6, 6.07) is 22.2. The Bertz CT molecular complexity index is 1150. The van der Waals surface area contributed by atoms with Gasteiger partial charge < -0.3 is 9.47 Å². The third-order valence-electron chi connectivity index (χ3n) is 5.47. The Labute approximate surface area is 173 Å². The lowest BCUT2D eigenvalue weighted by Crippen LogP contribution is -2.33. The summed E-state index contributed by atoms with van der Waals surface area (Å²) >= 11 is 0. The molecule has 2 aliphatic rings. The van der Waals surface area contributed by atoms with E-state index in [2.05, 4.69) is 0 Å². The first-order chi connectivity index (χ1) is 14.6. The predicted molar refractivity (Wildman–Crippen MR) is 112 cm³/mol. The minimum atomic E-state index is -0.558. The summed E-state index contributed by atoms with van der Waals surface area (Å²) in [5, 5.41) is 18.1. The van der Waals surface area contributed by atoms with Crippen LogP contribution < -0.4 is 9.47 Å². The van der Waals surface area contributed by atoms with Crippen molar-refractivity contribution in [2.75, 3.05) is 7.11 Å². The Kier molecular flexibility index (Phi) is 4.35. The van der Waals surface area contributed by atoms with Gasteiger partial charge in [-0.1, -0.05) is 42.5 Å². The topological polar surface area (TPSA) is 77.2 Å². The number of rotatable bonds is 4. The monoisotopic (exact) mass is 401 g/mol. The molecule has 30 heavy (non-hydrogen) atoms. The molecule has 0 N–H and O–H groups in total. The molecule has 5 rings (SSSR count). The van der Waals surface area contributed by atoms with Crippen molar-refractivity contribution in [3.63, 3.8) is 0 Å². The molecule has 2 aliphatic heterocycles. The van der Waals surface area contributed by atoms with E-state index in [-0.39, 0.29) is 11.7 Å². The third-order valence-corrected chi connectivity index (χ3v) is 5.47. The van der Waals surface area contributed by atoms with Gasteiger partial charge in [-0.05, 0) is 23.8 Å². The van der Waals surface area contributed by atoms with Crippen molar-refractivity contribution in [3.8, 4) is 11.5 Å². The fourth-order valence-electron chi connectivity index (χ4n) is 4.01. The Hall–Kier alpha value is -3.87. The zero-order valence-electron chi connectivity index (χ0n) is 16.3. The number of nitro benzene ring substituents is 1. The van der Waals surface area contributed by atoms with Gasteiger partial charge in [0.25, 0.3) is 5.69 Å². The maximum Gasteiger partial charge on any atom is 0.269 e. The molecule has 2 unspecified atom stereocenters. The number of nitro groups is 1. The average Bonchev–Trinajstić information content (AvgIpc) is 3.24. The first-order valence-corrected chi connectivity index (χ1v) is 9.64. The van der Waals surface area contributed by atoms with Gasteiger partial charge in [0.05, 0.1) is 23.8 Å². The van der Waals surface area contributed by atoms with E-state index >= 15 is 0 Å². The molecule has 0 spiro atoms. The number of nitrogens with zero attached hydrogens (tertiary/aromatic N) is 3. The maximum absolute atomic E-state index is 11.3. The summed E-state index contributed by atoms with van der Waals surface area (Å²) < 4.78 is 11.7. The molecule has 0 bridgehead atoms. The van der Waals surface area contributed by atoms with E-state index in [4.69, 9.17) is 14.6 Å². The van der Waals surface area contributed by atoms with Gasteiger partial charge in [-0.15, -0.1) is 0 Å². The van der Waals surface area contributed by atoms with Crippen LogP contribution in [-0.2, 0) is 0 Å². The Balaban J connectivity index is 1.61. The van der Waals surface area contributed by atoms with Crippen LogP contribution in [0.5, 0.6) is 11.5 Å². The Morgan fingerprint density at radius 2 is 1.93 bits per heavy atom. The second-order valence-corrected chi connectivity index (χ2v) is 7.24. The number of hydrogen-bond acceptors (Lipinski definition) is 6. The van der Waals surface area contributed by atoms with E-state index in [9.17, 15) is 10.1 Å². The molecule has 0 aliphatic carbocycles. The van der Waals surface area contributed by atoms with Crippen LogP contribution >= 0.6 is 0 Å². The molecule has 7 nitrogen and oxygen atoms in total. The van der Waals surface area contributed by atoms with E-state index in [1.165, 1.54) is 6.07 Å². The summed E-state index contributed by atoms with van der Waals surface area (Å²) in [6.07, 6.45) is 0.149. The molecule has 0 saturated carbocycles. The van der Waals surface area contributed by atoms with Gasteiger partial charge in [-0.2, -0.15) is 5.10 Å². The number of fused-ring (bicyclic) bond motifs is 3. The molecule has 2 heterocycles. The van der Waals surface area contributed by atoms with Crippen molar-refractivity contribution in [1.82, 2.24) is 5.01 Å². The van der Waals surface area contributed by atoms with E-state index in [0.717, 1.165) is 28.3 Å². The second-order valence-electron chi connectivity index (χ2n) is 7.24. The summed E-state index contributed by atoms with van der Waals surface area (Å²) in [5.74, 6) is 1.48. The molecule has 150 valence electrons. The number of hydrogen-bond donors (Lipinski definition) is 0. The second kappa shape index (κ2) is 7.18. The lowest BCUT2D eigenvalue weighted by atomic mass is 9.95. The number of non-ortho nitro benzene ring substituents is 1. The number of methoxy groups -OCH3 is 1. The predicted octanol–water partition coefficient (Wildman–Crippen LogP) is 4.85. The molecule has 0 fully saturated rings. The standard InChI is InChI=1S/C23H19N3O4/c1-29-18-10-11-22-19(13-18)21-14-20(15-6-3-2-4-7-15)24-25(21)23(30-22)16-8-5-9-17(12-16)26(27)28/h2-13,21,23H,14H2,1H3. The average molecular weight is 401 g/mol. The number of hydrazone groups is 1. The molecular formula is C23H19N3O4. The molecule has 0 saturated heterocycles. The molecule has 3 aromatic rings. The van der Waals surface area contributed by atoms with Gasteiger partial charge in [0, 0.05) is 29.7 Å². The van der Waals surface area contributed by atoms with Crippen LogP contribution in [0.25, 0.3) is 0 Å². The van der Waals surface area contributed by atoms with Crippen LogP contribution in [-0.4, -0.2) is 22.8 Å². The smallest absolute Gasteiger partial charge is 0.269 e. The van der Waals surface area contributed by atoms with Crippen molar-refractivity contribution < 1.29 is 14.4 Å². The first-order valence-electron chi connectivity index (χ1n) is 9.64. The van der Waals surface area contributed by atoms with Gasteiger partial charge in [0.15, 0.2) is 0 Å². The van der Waals surface area contributed by atoms with Crippen LogP contribution in [0.2, 0.25) is 0 Å². The Morgan fingerprint density at radius 3 is 2.70 bits per heavy atom. The zero-order valence-corrected chi connectivity index (χ0v) is 16.3. The maximum atomic E-state index is 11.3. The summed E-state index contributed by atoms with van der Waals surface area (Å²) in [7, 11) is 1.63. The van der Waals surface area contributed by atoms with Gasteiger partial charge >= 0.3 is 0 Å². The van der Waals surface area contributed by atoms with Crippen molar-refractivity contribution in [2.45, 2.75) is 18.7 Å². The van der Waals surface area contributed by atoms with Crippen LogP contribution in [0.4, 0.5) is 5.69 Å². The summed E-state index contributed by atoms with van der Waals surface area (Å²) in [6.45, 7) is 0. The van der Waals surface area contributed by atoms with E-state index in [1.807, 2.05) is 59.6 Å². The SMILES string of the molecule is COc1ccc2c(c1)C1CC(c3ccccc3)=NN1C(c1cccc([N+](=O)[O-])c1)O2. The summed E-state index contributed by atoms with van der Waals surface area (Å²) in [5.41, 5.74) is 3.71. The highest BCUT2D eigenvalue weighted by molar-refractivity contribution is 6.01. The largest absolute Gasteiger partial charge is 0.497 e. The minimum absolute atomic E-state index is 0.0274. The van der Waals surface area contributed by atoms with Crippen LogP contribution in [0.15, 0.2) is 77.9 Å². The fraction of sp³-hybridized carbons (Fsp3) is 0.174. The van der Waals surface area contributed by atoms with Crippen molar-refractivity contribution in [2.24, 2.45) is 5.10 Å². The molecule has 0 aromatic heterocycles. The van der Waals surface area contributed by atoms with Gasteiger partial charge in [-0.3, -0.25) is 10.1 Å². The molecule has 2 atom stereocenters. The molecule has 0 radical (unpaired) electrons. The number of ether oxygens (including phenoxy) is 2. The van der Waals surface area contributed by atoms with Crippen LogP contribution in [0, 0.1) is 10.1 Å². The number of benzene rings is 3. The molecule has 0 amide bonds. The highest BCUT2D eigenvalue weighted by Gasteiger charge is 2.41. The third kappa shape index (κ3) is 3.04. The Morgan fingerprint density at radius 1 is 1.10 bits per heavy atom. The van der Waals surface area contributed by atoms with E-state index in [1.54, 1.807) is 19.2 Å². The summed E-state index contributed by atoms with van der Waals surface area (Å²) in [4.78, 5) is 10.9. The zero-order chi connectivity index (χ0) is 20.7. The van der Waals surface area contributed by atoms with Crippen molar-refractivity contribution >= 4 is 11.4 Å². The van der Waals surface area contributed by atoms with Gasteiger partial charge in [0.1, 0.15) is 11.5 Å². The first kappa shape index (κ1) is 18.2. The van der Waals surface area contributed by atoms with Crippen LogP contribution in [0.1, 0.15) is 35.4 Å². The quantitative estimate of drug-likeness (QED) is 0.462. The van der Waals surface area contributed by atoms with Crippen molar-refractivity contribution in [3.05, 3.63) is 99.6 Å². The molecular weight excluding hydrogens is 382 g/mol. The fourth-order valence-corrected chi connectivity index (χ4v) is 4.01. The molecule has 7 heteroatoms. The van der Waals surface area contributed by atoms with E-state index < -0.39 is 11.2 Å². The lowest BCUT2D eigenvalue weighted by molar-refractivity contribution is -0.385. The highest BCUT2D eigenvalue weighted by Crippen LogP contribution is 2.48. The van der Waals surface area contributed by atoms with Crippen molar-refractivity contribution in [1.29, 1.82) is 0 Å². The van der Waals surface area contributed by atoms with Gasteiger partial charge in [-0.25, -0.2) is 5.01 Å². The normalized spacial score (nSPS) is 19.4. The van der Waals surface area contributed by atoms with E-state index in [0.29, 0.717) is 12.0 Å². The van der Waals surface area contributed by atoms with Gasteiger partial charge in [0.2, 0.25) is 6.23 Å².